The van der Waals surface area contributed by atoms with Gasteiger partial charge in [0, 0.05) is 36.3 Å². The largest absolute Gasteiger partial charge is 0.469 e. The molecule has 2 aromatic rings. The second-order valence-electron chi connectivity index (χ2n) is 7.56. The van der Waals surface area contributed by atoms with Crippen LogP contribution in [0.15, 0.2) is 35.9 Å². The van der Waals surface area contributed by atoms with Gasteiger partial charge in [-0.15, -0.1) is 0 Å². The normalized spacial score (nSPS) is 27.9. The number of nitrogens with zero attached hydrogens (tertiary/aromatic N) is 1. The summed E-state index contributed by atoms with van der Waals surface area (Å²) >= 11 is 0. The zero-order valence-electron chi connectivity index (χ0n) is 15.5. The van der Waals surface area contributed by atoms with Gasteiger partial charge in [0.1, 0.15) is 0 Å². The van der Waals surface area contributed by atoms with Gasteiger partial charge < -0.3 is 14.6 Å². The molecule has 0 saturated carbocycles. The maximum absolute atomic E-state index is 13.1. The predicted molar refractivity (Wildman–Crippen MR) is 100 cm³/mol. The van der Waals surface area contributed by atoms with Crippen LogP contribution < -0.4 is 0 Å². The van der Waals surface area contributed by atoms with E-state index in [1.165, 1.54) is 7.11 Å². The highest BCUT2D eigenvalue weighted by atomic mass is 16.5. The van der Waals surface area contributed by atoms with Crippen molar-refractivity contribution in [3.63, 3.8) is 0 Å². The average molecular weight is 352 g/mol. The van der Waals surface area contributed by atoms with Crippen LogP contribution in [0, 0.1) is 11.3 Å². The van der Waals surface area contributed by atoms with Crippen molar-refractivity contribution in [2.45, 2.75) is 19.8 Å². The van der Waals surface area contributed by atoms with Crippen LogP contribution in [0.4, 0.5) is 0 Å². The Morgan fingerprint density at radius 3 is 2.88 bits per heavy atom. The molecule has 2 aliphatic rings. The Hall–Kier alpha value is -2.40. The summed E-state index contributed by atoms with van der Waals surface area (Å²) in [6.07, 6.45) is 2.91. The third-order valence-electron chi connectivity index (χ3n) is 6.06. The smallest absolute Gasteiger partial charge is 0.314 e. The zero-order valence-corrected chi connectivity index (χ0v) is 15.5. The number of allylic oxidation sites excluding steroid dienone is 1. The van der Waals surface area contributed by atoms with Crippen LogP contribution in [-0.4, -0.2) is 48.9 Å². The number of hydrogen-bond donors (Lipinski definition) is 1. The van der Waals surface area contributed by atoms with Crippen molar-refractivity contribution in [2.75, 3.05) is 27.2 Å². The summed E-state index contributed by atoms with van der Waals surface area (Å²) in [5.74, 6) is -0.265. The summed E-state index contributed by atoms with van der Waals surface area (Å²) in [4.78, 5) is 31.6. The minimum absolute atomic E-state index is 0.0795. The standard InChI is InChI=1S/C21H24N2O3/c1-4-13-11-23(2)12-21(20(25)26-3)10-15-14-7-5-6-8-17(14)22-19(15)18(24)9-16(13)21/h4-8,16,22H,9-12H2,1-3H3/b13-4+/t16-,21-/m0/s1. The van der Waals surface area contributed by atoms with Crippen LogP contribution in [0.25, 0.3) is 10.9 Å². The molecule has 4 rings (SSSR count). The van der Waals surface area contributed by atoms with Crippen LogP contribution in [0.1, 0.15) is 29.4 Å². The molecule has 1 N–H and O–H groups in total. The lowest BCUT2D eigenvalue weighted by Crippen LogP contribution is -2.54. The molecule has 1 saturated heterocycles. The first-order valence-corrected chi connectivity index (χ1v) is 9.05. The average Bonchev–Trinajstić information content (AvgIpc) is 2.95. The number of likely N-dealkylation sites (N-methyl/N-ethyl adjacent to an activating group) is 1. The van der Waals surface area contributed by atoms with E-state index in [0.29, 0.717) is 25.1 Å². The van der Waals surface area contributed by atoms with Crippen molar-refractivity contribution in [1.82, 2.24) is 9.88 Å². The number of para-hydroxylation sites is 1. The van der Waals surface area contributed by atoms with Crippen molar-refractivity contribution in [3.05, 3.63) is 47.2 Å². The molecular weight excluding hydrogens is 328 g/mol. The molecule has 1 aliphatic carbocycles. The molecule has 5 nitrogen and oxygen atoms in total. The third kappa shape index (κ3) is 2.34. The van der Waals surface area contributed by atoms with Crippen LogP contribution in [0.3, 0.4) is 0 Å². The van der Waals surface area contributed by atoms with E-state index in [1.807, 2.05) is 38.2 Å². The highest BCUT2D eigenvalue weighted by molar-refractivity contribution is 6.04. The lowest BCUT2D eigenvalue weighted by atomic mass is 9.65. The molecule has 0 unspecified atom stereocenters. The maximum Gasteiger partial charge on any atom is 0.314 e. The summed E-state index contributed by atoms with van der Waals surface area (Å²) < 4.78 is 5.27. The summed E-state index contributed by atoms with van der Waals surface area (Å²) in [6, 6.07) is 7.92. The number of methoxy groups -OCH3 is 1. The Kier molecular flexibility index (Phi) is 3.99. The van der Waals surface area contributed by atoms with Gasteiger partial charge in [-0.2, -0.15) is 0 Å². The number of hydrogen-bond acceptors (Lipinski definition) is 4. The van der Waals surface area contributed by atoms with Crippen molar-refractivity contribution >= 4 is 22.7 Å². The first-order chi connectivity index (χ1) is 12.5. The molecule has 1 aliphatic heterocycles. The monoisotopic (exact) mass is 352 g/mol. The number of rotatable bonds is 1. The number of esters is 1. The molecule has 0 radical (unpaired) electrons. The van der Waals surface area contributed by atoms with Crippen molar-refractivity contribution in [3.8, 4) is 0 Å². The van der Waals surface area contributed by atoms with Crippen molar-refractivity contribution in [1.29, 1.82) is 0 Å². The van der Waals surface area contributed by atoms with E-state index in [0.717, 1.165) is 28.6 Å². The summed E-state index contributed by atoms with van der Waals surface area (Å²) in [5, 5.41) is 1.02. The molecule has 136 valence electrons. The number of ether oxygens (including phenoxy) is 1. The van der Waals surface area contributed by atoms with Gasteiger partial charge in [0.15, 0.2) is 5.78 Å². The number of H-pyrrole nitrogens is 1. The first-order valence-electron chi connectivity index (χ1n) is 9.05. The van der Waals surface area contributed by atoms with Gasteiger partial charge in [-0.3, -0.25) is 9.59 Å². The number of aromatic nitrogens is 1. The maximum atomic E-state index is 13.1. The lowest BCUT2D eigenvalue weighted by Gasteiger charge is -2.46. The van der Waals surface area contributed by atoms with Gasteiger partial charge in [-0.1, -0.05) is 29.8 Å². The highest BCUT2D eigenvalue weighted by Crippen LogP contribution is 2.48. The second kappa shape index (κ2) is 6.09. The molecule has 0 bridgehead atoms. The molecule has 5 heteroatoms. The summed E-state index contributed by atoms with van der Waals surface area (Å²) in [5.41, 5.74) is 2.95. The van der Waals surface area contributed by atoms with Crippen LogP contribution in [-0.2, 0) is 16.0 Å². The van der Waals surface area contributed by atoms with Gasteiger partial charge >= 0.3 is 5.97 Å². The van der Waals surface area contributed by atoms with Gasteiger partial charge in [-0.05, 0) is 32.0 Å². The molecule has 1 aromatic carbocycles. The molecule has 2 heterocycles. The van der Waals surface area contributed by atoms with E-state index < -0.39 is 5.41 Å². The first kappa shape index (κ1) is 17.0. The molecule has 0 amide bonds. The van der Waals surface area contributed by atoms with E-state index in [9.17, 15) is 9.59 Å². The number of Topliss-reactive ketones (excluding diaryl/α,β-unsaturated/α-hetero) is 1. The Bertz CT molecular complexity index is 926. The SMILES string of the molecule is C/C=C1\CN(C)C[C@@]2(C(=O)OC)Cc3c([nH]c4ccccc34)C(=O)C[C@@H]12. The minimum atomic E-state index is -0.741. The Labute approximate surface area is 153 Å². The molecule has 26 heavy (non-hydrogen) atoms. The molecule has 1 aromatic heterocycles. The Balaban J connectivity index is 1.96. The van der Waals surface area contributed by atoms with Gasteiger partial charge in [0.25, 0.3) is 0 Å². The molecule has 2 atom stereocenters. The van der Waals surface area contributed by atoms with E-state index in [1.54, 1.807) is 0 Å². The van der Waals surface area contributed by atoms with E-state index in [-0.39, 0.29) is 17.7 Å². The minimum Gasteiger partial charge on any atom is -0.469 e. The Morgan fingerprint density at radius 1 is 1.38 bits per heavy atom. The fourth-order valence-corrected chi connectivity index (χ4v) is 4.93. The van der Waals surface area contributed by atoms with Crippen LogP contribution in [0.5, 0.6) is 0 Å². The molecular formula is C21H24N2O3. The zero-order chi connectivity index (χ0) is 18.5. The lowest BCUT2D eigenvalue weighted by molar-refractivity contribution is -0.158. The van der Waals surface area contributed by atoms with E-state index in [4.69, 9.17) is 4.74 Å². The number of carbonyl (C=O) groups excluding carboxylic acids is 2. The third-order valence-corrected chi connectivity index (χ3v) is 6.06. The molecule has 0 spiro atoms. The predicted octanol–water partition coefficient (Wildman–Crippen LogP) is 2.96. The number of carbonyl (C=O) groups is 2. The highest BCUT2D eigenvalue weighted by Gasteiger charge is 2.54. The fraction of sp³-hybridized carbons (Fsp3) is 0.429. The number of benzene rings is 1. The van der Waals surface area contributed by atoms with Crippen molar-refractivity contribution in [2.24, 2.45) is 11.3 Å². The van der Waals surface area contributed by atoms with Gasteiger partial charge in [0.05, 0.1) is 18.2 Å². The van der Waals surface area contributed by atoms with Crippen LogP contribution >= 0.6 is 0 Å². The van der Waals surface area contributed by atoms with E-state index >= 15 is 0 Å². The number of ketones is 1. The number of fused-ring (bicyclic) bond motifs is 4. The molecule has 1 fully saturated rings. The fourth-order valence-electron chi connectivity index (χ4n) is 4.93. The van der Waals surface area contributed by atoms with Crippen LogP contribution in [0.2, 0.25) is 0 Å². The second-order valence-corrected chi connectivity index (χ2v) is 7.56. The number of nitrogens with one attached hydrogen (secondary N) is 1. The summed E-state index contributed by atoms with van der Waals surface area (Å²) in [6.45, 7) is 3.36. The van der Waals surface area contributed by atoms with E-state index in [2.05, 4.69) is 16.0 Å². The quantitative estimate of drug-likeness (QED) is 0.633. The van der Waals surface area contributed by atoms with Gasteiger partial charge in [-0.25, -0.2) is 0 Å². The topological polar surface area (TPSA) is 62.4 Å². The summed E-state index contributed by atoms with van der Waals surface area (Å²) in [7, 11) is 3.47. The van der Waals surface area contributed by atoms with Gasteiger partial charge in [0.2, 0.25) is 0 Å². The number of aromatic amines is 1. The van der Waals surface area contributed by atoms with Crippen molar-refractivity contribution < 1.29 is 14.3 Å². The number of likely N-dealkylation sites (tertiary alicyclic amines) is 1. The number of piperidine rings is 1. The Morgan fingerprint density at radius 2 is 2.15 bits per heavy atom.